The molecule has 0 aliphatic heterocycles. The van der Waals surface area contributed by atoms with Gasteiger partial charge in [0.1, 0.15) is 0 Å². The van der Waals surface area contributed by atoms with Gasteiger partial charge in [0.05, 0.1) is 5.41 Å². The lowest BCUT2D eigenvalue weighted by Crippen LogP contribution is -2.52. The van der Waals surface area contributed by atoms with Crippen molar-refractivity contribution >= 4 is 12.0 Å². The van der Waals surface area contributed by atoms with Crippen LogP contribution in [0.2, 0.25) is 0 Å². The van der Waals surface area contributed by atoms with Gasteiger partial charge < -0.3 is 15.7 Å². The molecular weight excluding hydrogens is 268 g/mol. The lowest BCUT2D eigenvalue weighted by Gasteiger charge is -2.31. The summed E-state index contributed by atoms with van der Waals surface area (Å²) in [4.78, 5) is 23.5. The number of amides is 2. The SMILES string of the molecule is CCC1CCC(NC(=O)NC2CCCC2(C)C(=O)O)CC1. The Morgan fingerprint density at radius 3 is 2.38 bits per heavy atom. The molecule has 0 spiro atoms. The first-order valence-electron chi connectivity index (χ1n) is 8.26. The summed E-state index contributed by atoms with van der Waals surface area (Å²) in [6, 6.07) is -0.221. The molecule has 0 aromatic carbocycles. The minimum absolute atomic E-state index is 0.200. The predicted molar refractivity (Wildman–Crippen MR) is 81.1 cm³/mol. The smallest absolute Gasteiger partial charge is 0.315 e. The Balaban J connectivity index is 1.81. The van der Waals surface area contributed by atoms with Gasteiger partial charge in [0, 0.05) is 12.1 Å². The summed E-state index contributed by atoms with van der Waals surface area (Å²) in [6.07, 6.45) is 7.88. The van der Waals surface area contributed by atoms with Gasteiger partial charge in [-0.25, -0.2) is 4.79 Å². The van der Waals surface area contributed by atoms with Gasteiger partial charge in [-0.3, -0.25) is 4.79 Å². The highest BCUT2D eigenvalue weighted by Crippen LogP contribution is 2.38. The molecule has 0 radical (unpaired) electrons. The van der Waals surface area contributed by atoms with E-state index in [9.17, 15) is 14.7 Å². The molecule has 0 saturated heterocycles. The number of carboxylic acids is 1. The lowest BCUT2D eigenvalue weighted by atomic mass is 9.84. The number of carbonyl (C=O) groups excluding carboxylic acids is 1. The molecule has 2 unspecified atom stereocenters. The molecule has 2 atom stereocenters. The average molecular weight is 296 g/mol. The van der Waals surface area contributed by atoms with E-state index in [2.05, 4.69) is 17.6 Å². The van der Waals surface area contributed by atoms with E-state index in [1.54, 1.807) is 6.92 Å². The summed E-state index contributed by atoms with van der Waals surface area (Å²) in [5.41, 5.74) is -0.822. The second-order valence-corrected chi connectivity index (χ2v) is 6.91. The van der Waals surface area contributed by atoms with E-state index in [0.29, 0.717) is 6.42 Å². The van der Waals surface area contributed by atoms with Crippen molar-refractivity contribution in [1.82, 2.24) is 10.6 Å². The van der Waals surface area contributed by atoms with E-state index in [4.69, 9.17) is 0 Å². The lowest BCUT2D eigenvalue weighted by molar-refractivity contribution is -0.148. The standard InChI is InChI=1S/C16H28N2O3/c1-3-11-6-8-12(9-7-11)17-15(21)18-13-5-4-10-16(13,2)14(19)20/h11-13H,3-10H2,1-2H3,(H,19,20)(H2,17,18,21). The zero-order chi connectivity index (χ0) is 15.5. The van der Waals surface area contributed by atoms with Crippen LogP contribution in [-0.2, 0) is 4.79 Å². The molecule has 0 aromatic heterocycles. The van der Waals surface area contributed by atoms with E-state index in [0.717, 1.165) is 31.6 Å². The van der Waals surface area contributed by atoms with Gasteiger partial charge >= 0.3 is 12.0 Å². The number of hydrogen-bond acceptors (Lipinski definition) is 2. The highest BCUT2D eigenvalue weighted by Gasteiger charge is 2.46. The molecule has 2 fully saturated rings. The van der Waals surface area contributed by atoms with Gasteiger partial charge in [0.25, 0.3) is 0 Å². The molecule has 3 N–H and O–H groups in total. The van der Waals surface area contributed by atoms with E-state index in [-0.39, 0.29) is 18.1 Å². The predicted octanol–water partition coefficient (Wildman–Crippen LogP) is 2.90. The van der Waals surface area contributed by atoms with Crippen molar-refractivity contribution in [3.8, 4) is 0 Å². The van der Waals surface area contributed by atoms with E-state index in [1.807, 2.05) is 0 Å². The minimum atomic E-state index is -0.822. The van der Waals surface area contributed by atoms with Gasteiger partial charge in [0.15, 0.2) is 0 Å². The van der Waals surface area contributed by atoms with Gasteiger partial charge in [-0.2, -0.15) is 0 Å². The molecule has 2 amide bonds. The van der Waals surface area contributed by atoms with E-state index < -0.39 is 11.4 Å². The Bertz CT molecular complexity index is 391. The maximum Gasteiger partial charge on any atom is 0.315 e. The molecule has 2 aliphatic carbocycles. The third-order valence-electron chi connectivity index (χ3n) is 5.51. The third kappa shape index (κ3) is 3.69. The Labute approximate surface area is 126 Å². The summed E-state index contributed by atoms with van der Waals surface area (Å²) in [5.74, 6) is -0.00926. The normalized spacial score (nSPS) is 36.2. The molecule has 2 rings (SSSR count). The van der Waals surface area contributed by atoms with Crippen LogP contribution in [0.1, 0.15) is 65.2 Å². The fourth-order valence-electron chi connectivity index (χ4n) is 3.75. The molecule has 120 valence electrons. The van der Waals surface area contributed by atoms with E-state index in [1.165, 1.54) is 19.3 Å². The van der Waals surface area contributed by atoms with Gasteiger partial charge in [0.2, 0.25) is 0 Å². The highest BCUT2D eigenvalue weighted by atomic mass is 16.4. The van der Waals surface area contributed by atoms with Crippen molar-refractivity contribution in [2.24, 2.45) is 11.3 Å². The van der Waals surface area contributed by atoms with Crippen LogP contribution in [0.25, 0.3) is 0 Å². The maximum atomic E-state index is 12.1. The van der Waals surface area contributed by atoms with Crippen LogP contribution in [0.5, 0.6) is 0 Å². The van der Waals surface area contributed by atoms with Crippen molar-refractivity contribution < 1.29 is 14.7 Å². The Morgan fingerprint density at radius 2 is 1.81 bits per heavy atom. The van der Waals surface area contributed by atoms with Crippen molar-refractivity contribution in [2.45, 2.75) is 77.3 Å². The van der Waals surface area contributed by atoms with Crippen LogP contribution in [0.15, 0.2) is 0 Å². The fourth-order valence-corrected chi connectivity index (χ4v) is 3.75. The quantitative estimate of drug-likeness (QED) is 0.746. The van der Waals surface area contributed by atoms with Gasteiger partial charge in [-0.1, -0.05) is 19.8 Å². The van der Waals surface area contributed by atoms with Crippen LogP contribution in [0.4, 0.5) is 4.79 Å². The molecule has 5 nitrogen and oxygen atoms in total. The van der Waals surface area contributed by atoms with Crippen molar-refractivity contribution in [3.05, 3.63) is 0 Å². The van der Waals surface area contributed by atoms with Gasteiger partial charge in [-0.05, 0) is 51.4 Å². The number of nitrogens with one attached hydrogen (secondary N) is 2. The van der Waals surface area contributed by atoms with Crippen LogP contribution in [0, 0.1) is 11.3 Å². The Hall–Kier alpha value is -1.26. The zero-order valence-corrected chi connectivity index (χ0v) is 13.2. The molecule has 0 aromatic rings. The Morgan fingerprint density at radius 1 is 1.14 bits per heavy atom. The molecule has 0 bridgehead atoms. The average Bonchev–Trinajstić information content (AvgIpc) is 2.82. The third-order valence-corrected chi connectivity index (χ3v) is 5.51. The van der Waals surface area contributed by atoms with Crippen molar-refractivity contribution in [3.63, 3.8) is 0 Å². The van der Waals surface area contributed by atoms with Crippen LogP contribution in [-0.4, -0.2) is 29.2 Å². The summed E-state index contributed by atoms with van der Waals surface area (Å²) >= 11 is 0. The number of urea groups is 1. The first kappa shape index (κ1) is 16.1. The maximum absolute atomic E-state index is 12.1. The number of carbonyl (C=O) groups is 2. The highest BCUT2D eigenvalue weighted by molar-refractivity contribution is 5.79. The van der Waals surface area contributed by atoms with Crippen LogP contribution >= 0.6 is 0 Å². The molecule has 2 aliphatic rings. The largest absolute Gasteiger partial charge is 0.481 e. The minimum Gasteiger partial charge on any atom is -0.481 e. The summed E-state index contributed by atoms with van der Waals surface area (Å²) in [7, 11) is 0. The topological polar surface area (TPSA) is 78.4 Å². The first-order valence-corrected chi connectivity index (χ1v) is 8.26. The summed E-state index contributed by atoms with van der Waals surface area (Å²) < 4.78 is 0. The molecule has 5 heteroatoms. The van der Waals surface area contributed by atoms with Crippen LogP contribution in [0.3, 0.4) is 0 Å². The second kappa shape index (κ2) is 6.67. The van der Waals surface area contributed by atoms with E-state index >= 15 is 0 Å². The molecule has 2 saturated carbocycles. The molecule has 21 heavy (non-hydrogen) atoms. The first-order chi connectivity index (χ1) is 9.95. The summed E-state index contributed by atoms with van der Waals surface area (Å²) in [6.45, 7) is 3.96. The van der Waals surface area contributed by atoms with Crippen molar-refractivity contribution in [1.29, 1.82) is 0 Å². The number of rotatable bonds is 4. The molecule has 0 heterocycles. The fraction of sp³-hybridized carbons (Fsp3) is 0.875. The second-order valence-electron chi connectivity index (χ2n) is 6.91. The summed E-state index contributed by atoms with van der Waals surface area (Å²) in [5, 5.41) is 15.3. The molecular formula is C16H28N2O3. The number of aliphatic carboxylic acids is 1. The zero-order valence-electron chi connectivity index (χ0n) is 13.2. The Kier molecular flexibility index (Phi) is 5.12. The number of carboxylic acid groups (broad SMARTS) is 1. The van der Waals surface area contributed by atoms with Crippen LogP contribution < -0.4 is 10.6 Å². The monoisotopic (exact) mass is 296 g/mol. The van der Waals surface area contributed by atoms with Crippen molar-refractivity contribution in [2.75, 3.05) is 0 Å². The van der Waals surface area contributed by atoms with Gasteiger partial charge in [-0.15, -0.1) is 0 Å². The number of hydrogen-bond donors (Lipinski definition) is 3.